The van der Waals surface area contributed by atoms with Gasteiger partial charge in [-0.25, -0.2) is 0 Å². The van der Waals surface area contributed by atoms with Crippen LogP contribution in [0, 0.1) is 13.8 Å². The molecule has 0 saturated carbocycles. The molecule has 0 radical (unpaired) electrons. The number of rotatable bonds is 7. The van der Waals surface area contributed by atoms with E-state index in [-0.39, 0.29) is 5.91 Å². The fraction of sp³-hybridized carbons (Fsp3) is 0.619. The molecule has 1 amide bonds. The molecule has 6 nitrogen and oxygen atoms in total. The van der Waals surface area contributed by atoms with Crippen LogP contribution in [0.5, 0.6) is 0 Å². The summed E-state index contributed by atoms with van der Waals surface area (Å²) in [6, 6.07) is 6.52. The summed E-state index contributed by atoms with van der Waals surface area (Å²) in [7, 11) is 0. The molecule has 0 aliphatic carbocycles. The van der Waals surface area contributed by atoms with Crippen molar-refractivity contribution in [2.75, 3.05) is 50.7 Å². The van der Waals surface area contributed by atoms with Gasteiger partial charge in [0.05, 0.1) is 6.54 Å². The van der Waals surface area contributed by atoms with E-state index in [1.54, 1.807) is 0 Å². The Kier molecular flexibility index (Phi) is 8.43. The topological polar surface area (TPSA) is 60.0 Å². The maximum absolute atomic E-state index is 11.8. The number of nitrogens with one attached hydrogen (secondary N) is 2. The lowest BCUT2D eigenvalue weighted by Crippen LogP contribution is -2.52. The van der Waals surface area contributed by atoms with Crippen LogP contribution < -0.4 is 15.5 Å². The van der Waals surface area contributed by atoms with Gasteiger partial charge in [-0.2, -0.15) is 0 Å². The molecule has 1 heterocycles. The van der Waals surface area contributed by atoms with E-state index in [4.69, 9.17) is 0 Å². The van der Waals surface area contributed by atoms with E-state index < -0.39 is 0 Å². The summed E-state index contributed by atoms with van der Waals surface area (Å²) in [5.41, 5.74) is 4.04. The summed E-state index contributed by atoms with van der Waals surface area (Å²) < 4.78 is 0. The van der Waals surface area contributed by atoms with Gasteiger partial charge >= 0.3 is 0 Å². The van der Waals surface area contributed by atoms with Crippen LogP contribution in [-0.4, -0.2) is 62.6 Å². The summed E-state index contributed by atoms with van der Waals surface area (Å²) in [6.45, 7) is 14.4. The van der Waals surface area contributed by atoms with Gasteiger partial charge in [0.2, 0.25) is 5.91 Å². The molecule has 0 atom stereocenters. The van der Waals surface area contributed by atoms with Crippen molar-refractivity contribution in [1.82, 2.24) is 15.5 Å². The fourth-order valence-electron chi connectivity index (χ4n) is 3.28. The predicted molar refractivity (Wildman–Crippen MR) is 114 cm³/mol. The van der Waals surface area contributed by atoms with Crippen LogP contribution in [0.2, 0.25) is 0 Å². The second-order valence-electron chi connectivity index (χ2n) is 7.03. The molecule has 1 aromatic carbocycles. The lowest BCUT2D eigenvalue weighted by atomic mass is 10.1. The molecular weight excluding hydrogens is 338 g/mol. The van der Waals surface area contributed by atoms with Gasteiger partial charge in [-0.05, 0) is 44.4 Å². The van der Waals surface area contributed by atoms with Crippen LogP contribution in [0.3, 0.4) is 0 Å². The number of carbonyl (C=O) groups excluding carboxylic acids is 1. The van der Waals surface area contributed by atoms with Crippen molar-refractivity contribution in [2.45, 2.75) is 40.5 Å². The Labute approximate surface area is 164 Å². The summed E-state index contributed by atoms with van der Waals surface area (Å²) >= 11 is 0. The molecule has 1 aromatic rings. The van der Waals surface area contributed by atoms with E-state index in [1.807, 2.05) is 0 Å². The Morgan fingerprint density at radius 1 is 1.11 bits per heavy atom. The number of hydrogen-bond acceptors (Lipinski definition) is 3. The third-order valence-corrected chi connectivity index (χ3v) is 5.00. The van der Waals surface area contributed by atoms with Gasteiger partial charge in [-0.3, -0.25) is 9.79 Å². The van der Waals surface area contributed by atoms with Crippen LogP contribution in [0.25, 0.3) is 0 Å². The van der Waals surface area contributed by atoms with Crippen molar-refractivity contribution >= 4 is 17.6 Å². The van der Waals surface area contributed by atoms with Crippen LogP contribution in [0.1, 0.15) is 37.8 Å². The minimum Gasteiger partial charge on any atom is -0.368 e. The molecule has 2 N–H and O–H groups in total. The quantitative estimate of drug-likeness (QED) is 0.569. The van der Waals surface area contributed by atoms with Gasteiger partial charge < -0.3 is 20.4 Å². The normalized spacial score (nSPS) is 15.0. The molecule has 6 heteroatoms. The molecule has 2 rings (SSSR count). The number of amides is 1. The number of benzene rings is 1. The Balaban J connectivity index is 1.91. The first-order valence-electron chi connectivity index (χ1n) is 10.2. The Bertz CT molecular complexity index is 635. The number of piperazine rings is 1. The molecule has 0 aromatic heterocycles. The highest BCUT2D eigenvalue weighted by atomic mass is 16.1. The SMILES string of the molecule is CCCNC(=O)CCN=C(NCC)N1CCN(c2cccc(C)c2C)CC1. The molecular formula is C21H35N5O. The van der Waals surface area contributed by atoms with Crippen molar-refractivity contribution in [3.63, 3.8) is 0 Å². The standard InChI is InChI=1S/C21H35N5O/c1-5-11-23-20(27)10-12-24-21(22-6-2)26-15-13-25(14-16-26)19-9-7-8-17(3)18(19)4/h7-9H,5-6,10-16H2,1-4H3,(H,22,24)(H,23,27). The maximum atomic E-state index is 11.8. The highest BCUT2D eigenvalue weighted by Crippen LogP contribution is 2.23. The molecule has 1 aliphatic rings. The number of aliphatic imine (C=N–C) groups is 1. The van der Waals surface area contributed by atoms with Crippen LogP contribution in [-0.2, 0) is 4.79 Å². The number of aryl methyl sites for hydroxylation is 1. The number of hydrogen-bond donors (Lipinski definition) is 2. The van der Waals surface area contributed by atoms with E-state index in [0.717, 1.165) is 51.6 Å². The monoisotopic (exact) mass is 373 g/mol. The van der Waals surface area contributed by atoms with Crippen molar-refractivity contribution in [1.29, 1.82) is 0 Å². The third kappa shape index (κ3) is 6.15. The number of carbonyl (C=O) groups is 1. The van der Waals surface area contributed by atoms with Crippen molar-refractivity contribution < 1.29 is 4.79 Å². The minimum atomic E-state index is 0.0798. The zero-order valence-corrected chi connectivity index (χ0v) is 17.3. The lowest BCUT2D eigenvalue weighted by Gasteiger charge is -2.38. The second-order valence-corrected chi connectivity index (χ2v) is 7.03. The van der Waals surface area contributed by atoms with Crippen molar-refractivity contribution in [3.8, 4) is 0 Å². The third-order valence-electron chi connectivity index (χ3n) is 5.00. The van der Waals surface area contributed by atoms with Gasteiger partial charge in [-0.1, -0.05) is 19.1 Å². The van der Waals surface area contributed by atoms with E-state index in [1.165, 1.54) is 16.8 Å². The van der Waals surface area contributed by atoms with Gasteiger partial charge in [0, 0.05) is 51.4 Å². The minimum absolute atomic E-state index is 0.0798. The number of nitrogens with zero attached hydrogens (tertiary/aromatic N) is 3. The van der Waals surface area contributed by atoms with E-state index in [9.17, 15) is 4.79 Å². The maximum Gasteiger partial charge on any atom is 0.221 e. The highest BCUT2D eigenvalue weighted by Gasteiger charge is 2.21. The Morgan fingerprint density at radius 2 is 1.85 bits per heavy atom. The van der Waals surface area contributed by atoms with Gasteiger partial charge in [-0.15, -0.1) is 0 Å². The molecule has 0 spiro atoms. The molecule has 1 aliphatic heterocycles. The van der Waals surface area contributed by atoms with Crippen LogP contribution in [0.15, 0.2) is 23.2 Å². The van der Waals surface area contributed by atoms with E-state index in [0.29, 0.717) is 13.0 Å². The summed E-state index contributed by atoms with van der Waals surface area (Å²) in [4.78, 5) is 21.2. The van der Waals surface area contributed by atoms with Gasteiger partial charge in [0.15, 0.2) is 5.96 Å². The summed E-state index contributed by atoms with van der Waals surface area (Å²) in [5, 5.41) is 6.27. The molecule has 1 saturated heterocycles. The van der Waals surface area contributed by atoms with Gasteiger partial charge in [0.25, 0.3) is 0 Å². The predicted octanol–water partition coefficient (Wildman–Crippen LogP) is 2.31. The molecule has 27 heavy (non-hydrogen) atoms. The highest BCUT2D eigenvalue weighted by molar-refractivity contribution is 5.81. The molecule has 150 valence electrons. The van der Waals surface area contributed by atoms with Crippen molar-refractivity contribution in [2.24, 2.45) is 4.99 Å². The average Bonchev–Trinajstić information content (AvgIpc) is 2.68. The second kappa shape index (κ2) is 10.8. The smallest absolute Gasteiger partial charge is 0.221 e. The first kappa shape index (κ1) is 21.1. The molecule has 1 fully saturated rings. The van der Waals surface area contributed by atoms with Crippen LogP contribution >= 0.6 is 0 Å². The van der Waals surface area contributed by atoms with Gasteiger partial charge in [0.1, 0.15) is 0 Å². The van der Waals surface area contributed by atoms with E-state index >= 15 is 0 Å². The van der Waals surface area contributed by atoms with Crippen molar-refractivity contribution in [3.05, 3.63) is 29.3 Å². The summed E-state index contributed by atoms with van der Waals surface area (Å²) in [5.74, 6) is 0.998. The molecule has 0 bridgehead atoms. The Morgan fingerprint density at radius 3 is 2.52 bits per heavy atom. The van der Waals surface area contributed by atoms with Crippen LogP contribution in [0.4, 0.5) is 5.69 Å². The first-order valence-corrected chi connectivity index (χ1v) is 10.2. The fourth-order valence-corrected chi connectivity index (χ4v) is 3.28. The first-order chi connectivity index (χ1) is 13.1. The zero-order valence-electron chi connectivity index (χ0n) is 17.3. The Hall–Kier alpha value is -2.24. The number of anilines is 1. The largest absolute Gasteiger partial charge is 0.368 e. The summed E-state index contributed by atoms with van der Waals surface area (Å²) in [6.07, 6.45) is 1.40. The molecule has 0 unspecified atom stereocenters. The number of guanidine groups is 1. The zero-order chi connectivity index (χ0) is 19.6. The lowest BCUT2D eigenvalue weighted by molar-refractivity contribution is -0.120. The average molecular weight is 374 g/mol. The van der Waals surface area contributed by atoms with E-state index in [2.05, 4.69) is 71.3 Å².